The highest BCUT2D eigenvalue weighted by molar-refractivity contribution is 6.32. The van der Waals surface area contributed by atoms with E-state index in [4.69, 9.17) is 0 Å². The first-order valence-corrected chi connectivity index (χ1v) is 27.0. The lowest BCUT2D eigenvalue weighted by atomic mass is 9.80. The molecule has 0 atom stereocenters. The molecule has 0 amide bonds. The minimum Gasteiger partial charge on any atom is -0.309 e. The lowest BCUT2D eigenvalue weighted by molar-refractivity contribution is 1.18. The highest BCUT2D eigenvalue weighted by Gasteiger charge is 2.28. The van der Waals surface area contributed by atoms with Crippen molar-refractivity contribution in [1.29, 1.82) is 0 Å². The highest BCUT2D eigenvalue weighted by atomic mass is 15.0. The average Bonchev–Trinajstić information content (AvgIpc) is 4.13. The summed E-state index contributed by atoms with van der Waals surface area (Å²) < 4.78 is 5.06. The Bertz CT molecular complexity index is 5580. The standard InChI is InChI=1S/C75H42N2/c1-2-12-42(13-3-1)45-38-43-22-24-46(76-66-20-10-8-18-62(66)74-68(76)36-34-59-50-16-6-4-14-48(50)52-28-32-57(52)72(59)74)40-64(43)70-44(39-45)23-26-61-65-41-47(25-27-55(65)54-30-31-56(54)71(61)70)77-67-21-11-9-19-63(67)75-69(77)37-35-60-51-17-7-5-15-49(51)53-29-33-58(53)73(60)75/h1-38,40-41H,39H2. The first kappa shape index (κ1) is 40.4. The van der Waals surface area contributed by atoms with Crippen LogP contribution in [0.25, 0.3) is 179 Å². The molecule has 0 aliphatic heterocycles. The molecule has 0 saturated heterocycles. The van der Waals surface area contributed by atoms with E-state index >= 15 is 0 Å². The van der Waals surface area contributed by atoms with Crippen molar-refractivity contribution in [3.8, 4) is 22.5 Å². The third kappa shape index (κ3) is 5.11. The van der Waals surface area contributed by atoms with Crippen LogP contribution in [0.5, 0.6) is 0 Å². The summed E-state index contributed by atoms with van der Waals surface area (Å²) in [5.41, 5.74) is 20.4. The number of nitrogens with zero attached hydrogens (tertiary/aromatic N) is 2. The monoisotopic (exact) mass is 970 g/mol. The van der Waals surface area contributed by atoms with Gasteiger partial charge in [-0.25, -0.2) is 0 Å². The van der Waals surface area contributed by atoms with Crippen LogP contribution in [0.4, 0.5) is 0 Å². The lowest BCUT2D eigenvalue weighted by Gasteiger charge is -2.24. The number of hydrogen-bond donors (Lipinski definition) is 0. The van der Waals surface area contributed by atoms with Gasteiger partial charge in [-0.2, -0.15) is 0 Å². The third-order valence-electron chi connectivity index (χ3n) is 18.2. The zero-order valence-corrected chi connectivity index (χ0v) is 41.7. The first-order chi connectivity index (χ1) is 38.2. The number of rotatable bonds is 3. The van der Waals surface area contributed by atoms with Crippen molar-refractivity contribution in [2.45, 2.75) is 6.42 Å². The molecule has 2 aromatic heterocycles. The van der Waals surface area contributed by atoms with E-state index in [1.54, 1.807) is 0 Å². The fraction of sp³-hybridized carbons (Fsp3) is 0.0133. The summed E-state index contributed by atoms with van der Waals surface area (Å²) in [4.78, 5) is 0. The molecule has 0 bridgehead atoms. The molecule has 0 saturated carbocycles. The second-order valence-corrected chi connectivity index (χ2v) is 21.8. The van der Waals surface area contributed by atoms with Crippen LogP contribution in [-0.2, 0) is 6.42 Å². The van der Waals surface area contributed by atoms with Crippen LogP contribution in [0, 0.1) is 0 Å². The Kier molecular flexibility index (Phi) is 7.56. The Balaban J connectivity index is 0.875. The molecule has 0 fully saturated rings. The van der Waals surface area contributed by atoms with Gasteiger partial charge in [-0.15, -0.1) is 0 Å². The van der Waals surface area contributed by atoms with E-state index in [2.05, 4.69) is 252 Å². The molecule has 0 radical (unpaired) electrons. The first-order valence-electron chi connectivity index (χ1n) is 27.0. The summed E-state index contributed by atoms with van der Waals surface area (Å²) in [6.45, 7) is 0. The van der Waals surface area contributed by atoms with Crippen molar-refractivity contribution >= 4 is 156 Å². The molecule has 0 N–H and O–H groups in total. The Labute approximate surface area is 441 Å². The Morgan fingerprint density at radius 1 is 0.312 bits per heavy atom. The summed E-state index contributed by atoms with van der Waals surface area (Å²) in [5.74, 6) is 0. The average molecular weight is 971 g/mol. The van der Waals surface area contributed by atoms with Gasteiger partial charge < -0.3 is 9.13 Å². The zero-order valence-electron chi connectivity index (χ0n) is 41.7. The fourth-order valence-corrected chi connectivity index (χ4v) is 14.7. The maximum atomic E-state index is 2.53. The largest absolute Gasteiger partial charge is 0.309 e. The van der Waals surface area contributed by atoms with E-state index in [0.717, 1.165) is 6.42 Å². The Morgan fingerprint density at radius 2 is 0.831 bits per heavy atom. The Hall–Kier alpha value is -10.0. The lowest BCUT2D eigenvalue weighted by Crippen LogP contribution is -2.32. The summed E-state index contributed by atoms with van der Waals surface area (Å²) in [5, 5.41) is 23.7. The molecule has 2 heteroatoms. The van der Waals surface area contributed by atoms with Crippen molar-refractivity contribution in [2.75, 3.05) is 0 Å². The fourth-order valence-electron chi connectivity index (χ4n) is 14.7. The van der Waals surface area contributed by atoms with Gasteiger partial charge in [0.2, 0.25) is 0 Å². The summed E-state index contributed by atoms with van der Waals surface area (Å²) in [6.07, 6.45) is 17.2. The molecule has 4 aliphatic rings. The molecular formula is C75H42N2. The Morgan fingerprint density at radius 3 is 1.52 bits per heavy atom. The number of benzene rings is 13. The second-order valence-electron chi connectivity index (χ2n) is 21.8. The molecule has 2 heterocycles. The van der Waals surface area contributed by atoms with E-state index in [-0.39, 0.29) is 0 Å². The normalized spacial score (nSPS) is 13.8. The summed E-state index contributed by atoms with van der Waals surface area (Å²) in [7, 11) is 0. The molecular weight excluding hydrogens is 929 g/mol. The van der Waals surface area contributed by atoms with E-state index < -0.39 is 0 Å². The van der Waals surface area contributed by atoms with E-state index in [1.807, 2.05) is 0 Å². The molecule has 4 aliphatic carbocycles. The zero-order chi connectivity index (χ0) is 49.8. The highest BCUT2D eigenvalue weighted by Crippen LogP contribution is 2.51. The van der Waals surface area contributed by atoms with E-state index in [9.17, 15) is 0 Å². The number of aromatic nitrogens is 2. The number of hydrogen-bond acceptors (Lipinski definition) is 0. The van der Waals surface area contributed by atoms with Crippen molar-refractivity contribution < 1.29 is 0 Å². The summed E-state index contributed by atoms with van der Waals surface area (Å²) in [6, 6.07) is 75.8. The molecule has 19 rings (SSSR count). The maximum absolute atomic E-state index is 2.53. The molecule has 77 heavy (non-hydrogen) atoms. The van der Waals surface area contributed by atoms with Gasteiger partial charge in [0.25, 0.3) is 0 Å². The minimum atomic E-state index is 0.827. The maximum Gasteiger partial charge on any atom is 0.0547 e. The van der Waals surface area contributed by atoms with E-state index in [1.165, 1.54) is 186 Å². The van der Waals surface area contributed by atoms with Crippen molar-refractivity contribution in [3.05, 3.63) is 250 Å². The quantitative estimate of drug-likeness (QED) is 0.156. The second kappa shape index (κ2) is 14.4. The van der Waals surface area contributed by atoms with Crippen LogP contribution in [0.15, 0.2) is 200 Å². The van der Waals surface area contributed by atoms with Crippen LogP contribution in [0.2, 0.25) is 0 Å². The van der Waals surface area contributed by atoms with Crippen molar-refractivity contribution in [3.63, 3.8) is 0 Å². The van der Waals surface area contributed by atoms with Gasteiger partial charge in [-0.1, -0.05) is 194 Å². The van der Waals surface area contributed by atoms with Crippen LogP contribution in [-0.4, -0.2) is 9.13 Å². The van der Waals surface area contributed by atoms with Crippen LogP contribution >= 0.6 is 0 Å². The molecule has 15 aromatic rings. The van der Waals surface area contributed by atoms with Gasteiger partial charge in [-0.05, 0) is 175 Å². The predicted molar refractivity (Wildman–Crippen MR) is 330 cm³/mol. The smallest absolute Gasteiger partial charge is 0.0547 e. The predicted octanol–water partition coefficient (Wildman–Crippen LogP) is 18.1. The number of fused-ring (bicyclic) bond motifs is 30. The summed E-state index contributed by atoms with van der Waals surface area (Å²) >= 11 is 0. The van der Waals surface area contributed by atoms with Gasteiger partial charge in [0.1, 0.15) is 0 Å². The third-order valence-corrected chi connectivity index (χ3v) is 18.2. The molecule has 13 aromatic carbocycles. The molecule has 352 valence electrons. The number of allylic oxidation sites excluding steroid dienone is 1. The SMILES string of the molecule is C1=Cc2c1c1ccc(-n3c4ccccc4c4c5c6c(c7ccccc7c5ccc43)=CC=6)cc1c1ccc3c(c21)-c1cc(-n2c4ccccc4c4c5c6c(c7ccccc7c5ccc42)C=C6)ccc1C=C(c1ccccc1)C3. The van der Waals surface area contributed by atoms with Crippen LogP contribution < -0.4 is 10.4 Å². The minimum absolute atomic E-state index is 0.827. The van der Waals surface area contributed by atoms with Gasteiger partial charge >= 0.3 is 0 Å². The van der Waals surface area contributed by atoms with Gasteiger partial charge in [0.15, 0.2) is 0 Å². The van der Waals surface area contributed by atoms with Crippen molar-refractivity contribution in [1.82, 2.24) is 9.13 Å². The van der Waals surface area contributed by atoms with Gasteiger partial charge in [0.05, 0.1) is 22.1 Å². The van der Waals surface area contributed by atoms with E-state index in [0.29, 0.717) is 0 Å². The molecule has 0 spiro atoms. The van der Waals surface area contributed by atoms with Gasteiger partial charge in [-0.3, -0.25) is 0 Å². The van der Waals surface area contributed by atoms with Crippen LogP contribution in [0.3, 0.4) is 0 Å². The topological polar surface area (TPSA) is 9.86 Å². The molecule has 2 nitrogen and oxygen atoms in total. The number of para-hydroxylation sites is 2. The van der Waals surface area contributed by atoms with Gasteiger partial charge in [0, 0.05) is 43.7 Å². The molecule has 0 unspecified atom stereocenters. The van der Waals surface area contributed by atoms with Crippen LogP contribution in [0.1, 0.15) is 38.9 Å². The van der Waals surface area contributed by atoms with Crippen molar-refractivity contribution in [2.24, 2.45) is 0 Å².